The van der Waals surface area contributed by atoms with Crippen molar-refractivity contribution >= 4 is 57.5 Å². The monoisotopic (exact) mass is 474 g/mol. The second-order valence-electron chi connectivity index (χ2n) is 7.12. The molecule has 0 unspecified atom stereocenters. The maximum atomic E-state index is 12.3. The van der Waals surface area contributed by atoms with Gasteiger partial charge < -0.3 is 10.4 Å². The van der Waals surface area contributed by atoms with Gasteiger partial charge in [-0.25, -0.2) is 9.55 Å². The highest BCUT2D eigenvalue weighted by Crippen LogP contribution is 2.35. The van der Waals surface area contributed by atoms with Crippen molar-refractivity contribution in [3.8, 4) is 11.0 Å². The van der Waals surface area contributed by atoms with Crippen molar-refractivity contribution in [3.63, 3.8) is 0 Å². The summed E-state index contributed by atoms with van der Waals surface area (Å²) in [5, 5.41) is 22.5. The van der Waals surface area contributed by atoms with Gasteiger partial charge in [-0.3, -0.25) is 9.79 Å². The van der Waals surface area contributed by atoms with Gasteiger partial charge in [0.2, 0.25) is 16.1 Å². The lowest BCUT2D eigenvalue weighted by Gasteiger charge is -2.03. The van der Waals surface area contributed by atoms with Crippen LogP contribution in [0.4, 0.5) is 11.4 Å². The largest absolute Gasteiger partial charge is 0.493 e. The average molecular weight is 475 g/mol. The Morgan fingerprint density at radius 3 is 2.79 bits per heavy atom. The molecular weight excluding hydrogens is 456 g/mol. The summed E-state index contributed by atoms with van der Waals surface area (Å²) in [5.41, 5.74) is 4.03. The fourth-order valence-electron chi connectivity index (χ4n) is 3.37. The second-order valence-corrected chi connectivity index (χ2v) is 9.38. The van der Waals surface area contributed by atoms with E-state index < -0.39 is 0 Å². The van der Waals surface area contributed by atoms with E-state index in [-0.39, 0.29) is 17.5 Å². The van der Waals surface area contributed by atoms with E-state index in [1.807, 2.05) is 54.6 Å². The van der Waals surface area contributed by atoms with Crippen LogP contribution >= 0.6 is 23.1 Å². The molecule has 0 amide bonds. The number of nitrogens with zero attached hydrogens (tertiary/aromatic N) is 5. The summed E-state index contributed by atoms with van der Waals surface area (Å²) in [6, 6.07) is 17.3. The molecule has 33 heavy (non-hydrogen) atoms. The molecular formula is C23H18N6O2S2. The number of rotatable bonds is 6. The molecule has 4 aromatic rings. The zero-order chi connectivity index (χ0) is 22.8. The van der Waals surface area contributed by atoms with E-state index in [1.54, 1.807) is 19.2 Å². The molecule has 0 spiro atoms. The Kier molecular flexibility index (Phi) is 5.76. The first kappa shape index (κ1) is 21.1. The summed E-state index contributed by atoms with van der Waals surface area (Å²) in [7, 11) is 0. The zero-order valence-electron chi connectivity index (χ0n) is 17.5. The van der Waals surface area contributed by atoms with Crippen LogP contribution in [0, 0.1) is 6.92 Å². The van der Waals surface area contributed by atoms with Crippen molar-refractivity contribution < 1.29 is 9.90 Å². The minimum Gasteiger partial charge on any atom is -0.493 e. The van der Waals surface area contributed by atoms with Crippen LogP contribution in [0.3, 0.4) is 0 Å². The van der Waals surface area contributed by atoms with Crippen molar-refractivity contribution in [2.24, 2.45) is 4.99 Å². The third-order valence-corrected chi connectivity index (χ3v) is 6.73. The molecule has 0 saturated heterocycles. The van der Waals surface area contributed by atoms with Crippen molar-refractivity contribution in [2.75, 3.05) is 11.9 Å². The average Bonchev–Trinajstić information content (AvgIpc) is 3.52. The van der Waals surface area contributed by atoms with Crippen molar-refractivity contribution in [3.05, 3.63) is 71.7 Å². The van der Waals surface area contributed by atoms with Gasteiger partial charge in [-0.15, -0.1) is 10.2 Å². The van der Waals surface area contributed by atoms with Crippen molar-refractivity contribution in [2.45, 2.75) is 11.3 Å². The van der Waals surface area contributed by atoms with E-state index in [9.17, 15) is 9.90 Å². The maximum absolute atomic E-state index is 12.3. The molecule has 1 aliphatic rings. The fourth-order valence-corrected chi connectivity index (χ4v) is 5.09. The van der Waals surface area contributed by atoms with Crippen LogP contribution in [-0.2, 0) is 4.79 Å². The first-order valence-corrected chi connectivity index (χ1v) is 11.7. The maximum Gasteiger partial charge on any atom is 0.225 e. The smallest absolute Gasteiger partial charge is 0.225 e. The number of nitrogens with one attached hydrogen (secondary N) is 1. The molecule has 0 bridgehead atoms. The molecule has 0 fully saturated rings. The van der Waals surface area contributed by atoms with Gasteiger partial charge in [-0.2, -0.15) is 0 Å². The Morgan fingerprint density at radius 2 is 1.94 bits per heavy atom. The number of hydrogen-bond donors (Lipinski definition) is 2. The molecule has 1 aliphatic heterocycles. The predicted molar refractivity (Wildman–Crippen MR) is 132 cm³/mol. The van der Waals surface area contributed by atoms with E-state index in [0.717, 1.165) is 34.3 Å². The molecule has 2 aromatic heterocycles. The lowest BCUT2D eigenvalue weighted by molar-refractivity contribution is -0.109. The fraction of sp³-hybridized carbons (Fsp3) is 0.0870. The molecule has 10 heteroatoms. The number of aromatic nitrogens is 4. The molecule has 0 aliphatic carbocycles. The minimum atomic E-state index is -0.0854. The Balaban J connectivity index is 1.32. The van der Waals surface area contributed by atoms with Crippen LogP contribution in [0.1, 0.15) is 17.1 Å². The first-order valence-electron chi connectivity index (χ1n) is 10.1. The molecule has 2 aromatic carbocycles. The van der Waals surface area contributed by atoms with Crippen LogP contribution in [-0.4, -0.2) is 42.7 Å². The van der Waals surface area contributed by atoms with Crippen LogP contribution in [0.25, 0.3) is 16.8 Å². The number of para-hydroxylation sites is 2. The number of hydrogen-bond acceptors (Lipinski definition) is 9. The lowest BCUT2D eigenvalue weighted by Crippen LogP contribution is -2.09. The quantitative estimate of drug-likeness (QED) is 0.389. The highest BCUT2D eigenvalue weighted by atomic mass is 32.2. The normalized spacial score (nSPS) is 13.4. The summed E-state index contributed by atoms with van der Waals surface area (Å²) in [6.07, 6.45) is 3.55. The number of benzene rings is 2. The van der Waals surface area contributed by atoms with E-state index in [2.05, 4.69) is 25.5 Å². The summed E-state index contributed by atoms with van der Waals surface area (Å²) in [4.78, 5) is 21.2. The number of aromatic hydroxyl groups is 1. The molecule has 2 N–H and O–H groups in total. The molecule has 3 heterocycles. The molecule has 0 radical (unpaired) electrons. The number of thioether (sulfide) groups is 1. The van der Waals surface area contributed by atoms with Crippen LogP contribution < -0.4 is 5.32 Å². The summed E-state index contributed by atoms with van der Waals surface area (Å²) >= 11 is 2.23. The number of fused-ring (bicyclic) bond motifs is 1. The molecule has 0 atom stereocenters. The number of allylic oxidation sites excluding steroid dienone is 1. The van der Waals surface area contributed by atoms with Crippen LogP contribution in [0.2, 0.25) is 0 Å². The van der Waals surface area contributed by atoms with Gasteiger partial charge in [-0.1, -0.05) is 47.7 Å². The van der Waals surface area contributed by atoms with Gasteiger partial charge in [0.25, 0.3) is 0 Å². The number of imidazole rings is 1. The third kappa shape index (κ3) is 4.43. The summed E-state index contributed by atoms with van der Waals surface area (Å²) in [5.74, 6) is 0.523. The number of aryl methyl sites for hydroxylation is 1. The minimum absolute atomic E-state index is 0.0393. The Labute approximate surface area is 197 Å². The van der Waals surface area contributed by atoms with Gasteiger partial charge in [-0.05, 0) is 43.0 Å². The van der Waals surface area contributed by atoms with Crippen LogP contribution in [0.15, 0.2) is 63.9 Å². The number of aliphatic imine (C=N–C) groups is 1. The SMILES string of the molecule is Cc1nc(/C=C2\C=Nc3ccccc32)c(O)n1-c1nnc(SC(=O)CNc2ccccc2)s1. The van der Waals surface area contributed by atoms with E-state index >= 15 is 0 Å². The Bertz CT molecular complexity index is 1390. The Hall–Kier alpha value is -3.76. The molecule has 0 saturated carbocycles. The van der Waals surface area contributed by atoms with Gasteiger partial charge >= 0.3 is 0 Å². The molecule has 164 valence electrons. The summed E-state index contributed by atoms with van der Waals surface area (Å²) < 4.78 is 2.02. The predicted octanol–water partition coefficient (Wildman–Crippen LogP) is 4.73. The highest BCUT2D eigenvalue weighted by Gasteiger charge is 2.20. The van der Waals surface area contributed by atoms with Crippen LogP contribution in [0.5, 0.6) is 5.88 Å². The Morgan fingerprint density at radius 1 is 1.15 bits per heavy atom. The highest BCUT2D eigenvalue weighted by molar-refractivity contribution is 8.15. The number of anilines is 1. The lowest BCUT2D eigenvalue weighted by atomic mass is 10.1. The molecule has 8 nitrogen and oxygen atoms in total. The number of carbonyl (C=O) groups is 1. The zero-order valence-corrected chi connectivity index (χ0v) is 19.1. The molecule has 5 rings (SSSR count). The second kappa shape index (κ2) is 9.00. The van der Waals surface area contributed by atoms with Crippen molar-refractivity contribution in [1.29, 1.82) is 0 Å². The third-order valence-electron chi connectivity index (χ3n) is 4.90. The topological polar surface area (TPSA) is 105 Å². The van der Waals surface area contributed by atoms with E-state index in [0.29, 0.717) is 21.0 Å². The van der Waals surface area contributed by atoms with E-state index in [1.165, 1.54) is 15.9 Å². The van der Waals surface area contributed by atoms with E-state index in [4.69, 9.17) is 0 Å². The van der Waals surface area contributed by atoms with Gasteiger partial charge in [0.05, 0.1) is 12.2 Å². The van der Waals surface area contributed by atoms with Gasteiger partial charge in [0.1, 0.15) is 11.5 Å². The van der Waals surface area contributed by atoms with Crippen molar-refractivity contribution in [1.82, 2.24) is 19.7 Å². The summed E-state index contributed by atoms with van der Waals surface area (Å²) in [6.45, 7) is 1.95. The van der Waals surface area contributed by atoms with Gasteiger partial charge in [0, 0.05) is 23.0 Å². The number of carbonyl (C=O) groups excluding carboxylic acids is 1. The van der Waals surface area contributed by atoms with Gasteiger partial charge in [0.15, 0.2) is 4.34 Å². The first-order chi connectivity index (χ1) is 16.1. The standard InChI is InChI=1S/C23H18N6O2S2/c1-14-26-19(11-15-12-25-18-10-6-5-9-17(15)18)21(31)29(14)22-27-28-23(33-22)32-20(30)13-24-16-7-3-2-4-8-16/h2-12,24,31H,13H2,1H3/b15-11+.